The quantitative estimate of drug-likeness (QED) is 0.640. The number of aryl methyl sites for hydroxylation is 2. The zero-order valence-corrected chi connectivity index (χ0v) is 18.2. The summed E-state index contributed by atoms with van der Waals surface area (Å²) in [5.74, 6) is 1.14. The van der Waals surface area contributed by atoms with Crippen LogP contribution in [0, 0.1) is 32.6 Å². The number of hydrogen-bond donors (Lipinski definition) is 3. The first-order valence-electron chi connectivity index (χ1n) is 10.2. The molecule has 3 N–H and O–H groups in total. The Morgan fingerprint density at radius 1 is 1.32 bits per heavy atom. The van der Waals surface area contributed by atoms with Gasteiger partial charge in [-0.05, 0) is 62.6 Å². The molecule has 2 aromatic rings. The minimum absolute atomic E-state index is 0.0533. The maximum atomic E-state index is 12.2. The van der Waals surface area contributed by atoms with E-state index in [2.05, 4.69) is 36.1 Å². The van der Waals surface area contributed by atoms with E-state index in [0.717, 1.165) is 57.3 Å². The van der Waals surface area contributed by atoms with Gasteiger partial charge in [-0.15, -0.1) is 11.3 Å². The Kier molecular flexibility index (Phi) is 6.46. The lowest BCUT2D eigenvalue weighted by Crippen LogP contribution is -2.22. The van der Waals surface area contributed by atoms with Crippen LogP contribution >= 0.6 is 11.3 Å². The predicted octanol–water partition coefficient (Wildman–Crippen LogP) is 4.98. The van der Waals surface area contributed by atoms with Crippen molar-refractivity contribution in [3.63, 3.8) is 0 Å². The predicted molar refractivity (Wildman–Crippen MR) is 118 cm³/mol. The van der Waals surface area contributed by atoms with E-state index in [1.807, 2.05) is 19.9 Å². The second-order valence-corrected chi connectivity index (χ2v) is 9.29. The van der Waals surface area contributed by atoms with Crippen molar-refractivity contribution in [2.24, 2.45) is 11.8 Å². The summed E-state index contributed by atoms with van der Waals surface area (Å²) in [6, 6.07) is 1.98. The van der Waals surface area contributed by atoms with E-state index >= 15 is 0 Å². The fourth-order valence-corrected chi connectivity index (χ4v) is 5.41. The molecule has 4 nitrogen and oxygen atoms in total. The van der Waals surface area contributed by atoms with Crippen LogP contribution in [0.3, 0.4) is 0 Å². The van der Waals surface area contributed by atoms with Crippen molar-refractivity contribution in [1.82, 2.24) is 10.3 Å². The summed E-state index contributed by atoms with van der Waals surface area (Å²) in [7, 11) is 0. The number of hydrogen-bond acceptors (Lipinski definition) is 4. The van der Waals surface area contributed by atoms with E-state index in [0.29, 0.717) is 12.5 Å². The van der Waals surface area contributed by atoms with Gasteiger partial charge in [-0.1, -0.05) is 26.3 Å². The minimum Gasteiger partial charge on any atom is -0.387 e. The van der Waals surface area contributed by atoms with Crippen LogP contribution in [-0.2, 0) is 6.54 Å². The van der Waals surface area contributed by atoms with Crippen molar-refractivity contribution in [2.75, 3.05) is 0 Å². The van der Waals surface area contributed by atoms with E-state index < -0.39 is 0 Å². The highest BCUT2D eigenvalue weighted by atomic mass is 32.1. The number of aromatic amines is 1. The third-order valence-corrected chi connectivity index (χ3v) is 7.31. The SMILES string of the molecule is C=C(NCc1c(C)cc(C)[nH]c1=O)c1csc(C(O)C2CCC(C)CC2)c1C. The zero-order chi connectivity index (χ0) is 20.4. The van der Waals surface area contributed by atoms with E-state index in [1.54, 1.807) is 11.3 Å². The van der Waals surface area contributed by atoms with Crippen LogP contribution in [0.2, 0.25) is 0 Å². The lowest BCUT2D eigenvalue weighted by atomic mass is 9.79. The largest absolute Gasteiger partial charge is 0.387 e. The molecule has 1 saturated carbocycles. The Morgan fingerprint density at radius 3 is 2.64 bits per heavy atom. The standard InChI is InChI=1S/C23H32N2O2S/c1-13-6-8-18(9-7-13)21(26)22-16(4)20(12-28-22)17(5)24-11-19-14(2)10-15(3)25-23(19)27/h10,12-13,18,21,24,26H,5-9,11H2,1-4H3,(H,25,27). The van der Waals surface area contributed by atoms with E-state index in [9.17, 15) is 9.90 Å². The van der Waals surface area contributed by atoms with Crippen LogP contribution in [0.1, 0.15) is 71.5 Å². The Bertz CT molecular complexity index is 904. The molecule has 152 valence electrons. The van der Waals surface area contributed by atoms with Gasteiger partial charge in [-0.3, -0.25) is 4.79 Å². The summed E-state index contributed by atoms with van der Waals surface area (Å²) in [6.45, 7) is 12.8. The minimum atomic E-state index is -0.388. The van der Waals surface area contributed by atoms with E-state index in [1.165, 1.54) is 12.8 Å². The Morgan fingerprint density at radius 2 is 2.00 bits per heavy atom. The maximum absolute atomic E-state index is 12.2. The lowest BCUT2D eigenvalue weighted by molar-refractivity contribution is 0.0780. The van der Waals surface area contributed by atoms with Gasteiger partial charge in [0.15, 0.2) is 0 Å². The topological polar surface area (TPSA) is 65.1 Å². The van der Waals surface area contributed by atoms with Crippen LogP contribution < -0.4 is 10.9 Å². The first-order chi connectivity index (χ1) is 13.3. The number of nitrogens with one attached hydrogen (secondary N) is 2. The monoisotopic (exact) mass is 400 g/mol. The molecule has 1 fully saturated rings. The molecule has 1 aliphatic carbocycles. The van der Waals surface area contributed by atoms with Gasteiger partial charge < -0.3 is 15.4 Å². The lowest BCUT2D eigenvalue weighted by Gasteiger charge is -2.29. The molecule has 2 heterocycles. The molecule has 1 aliphatic rings. The fraction of sp³-hybridized carbons (Fsp3) is 0.522. The molecule has 0 spiro atoms. The Labute approximate surface area is 171 Å². The van der Waals surface area contributed by atoms with E-state index in [4.69, 9.17) is 0 Å². The van der Waals surface area contributed by atoms with Crippen molar-refractivity contribution < 1.29 is 5.11 Å². The third-order valence-electron chi connectivity index (χ3n) is 6.15. The average Bonchev–Trinajstić information content (AvgIpc) is 3.02. The van der Waals surface area contributed by atoms with Crippen molar-refractivity contribution in [2.45, 2.75) is 66.0 Å². The molecule has 0 radical (unpaired) electrons. The summed E-state index contributed by atoms with van der Waals surface area (Å²) in [5.41, 5.74) is 5.45. The number of aliphatic hydroxyl groups excluding tert-OH is 1. The molecule has 1 unspecified atom stereocenters. The summed E-state index contributed by atoms with van der Waals surface area (Å²) >= 11 is 1.62. The van der Waals surface area contributed by atoms with Gasteiger partial charge in [0, 0.05) is 39.3 Å². The van der Waals surface area contributed by atoms with Crippen LogP contribution in [-0.4, -0.2) is 10.1 Å². The van der Waals surface area contributed by atoms with Crippen molar-refractivity contribution in [3.05, 3.63) is 61.2 Å². The molecule has 0 aromatic carbocycles. The smallest absolute Gasteiger partial charge is 0.253 e. The van der Waals surface area contributed by atoms with Gasteiger partial charge in [0.25, 0.3) is 5.56 Å². The van der Waals surface area contributed by atoms with Gasteiger partial charge >= 0.3 is 0 Å². The molecule has 28 heavy (non-hydrogen) atoms. The highest BCUT2D eigenvalue weighted by Gasteiger charge is 2.28. The molecular formula is C23H32N2O2S. The van der Waals surface area contributed by atoms with Crippen LogP contribution in [0.4, 0.5) is 0 Å². The first kappa shape index (κ1) is 20.9. The fourth-order valence-electron chi connectivity index (χ4n) is 4.23. The first-order valence-corrected chi connectivity index (χ1v) is 11.0. The van der Waals surface area contributed by atoms with Crippen LogP contribution in [0.15, 0.2) is 22.8 Å². The molecule has 5 heteroatoms. The van der Waals surface area contributed by atoms with Gasteiger partial charge in [0.2, 0.25) is 0 Å². The molecule has 0 aliphatic heterocycles. The number of aromatic nitrogens is 1. The second-order valence-electron chi connectivity index (χ2n) is 8.38. The molecule has 0 saturated heterocycles. The molecule has 1 atom stereocenters. The Balaban J connectivity index is 1.69. The highest BCUT2D eigenvalue weighted by Crippen LogP contribution is 2.41. The highest BCUT2D eigenvalue weighted by molar-refractivity contribution is 7.10. The number of pyridine rings is 1. The number of rotatable bonds is 6. The summed E-state index contributed by atoms with van der Waals surface area (Å²) in [6.07, 6.45) is 4.23. The number of H-pyrrole nitrogens is 1. The molecule has 0 bridgehead atoms. The third kappa shape index (κ3) is 4.41. The summed E-state index contributed by atoms with van der Waals surface area (Å²) in [5, 5.41) is 16.3. The number of thiophene rings is 1. The van der Waals surface area contributed by atoms with Gasteiger partial charge in [-0.2, -0.15) is 0 Å². The second kappa shape index (κ2) is 8.66. The maximum Gasteiger partial charge on any atom is 0.253 e. The summed E-state index contributed by atoms with van der Waals surface area (Å²) < 4.78 is 0. The van der Waals surface area contributed by atoms with Crippen molar-refractivity contribution >= 4 is 17.0 Å². The van der Waals surface area contributed by atoms with Crippen LogP contribution in [0.5, 0.6) is 0 Å². The zero-order valence-electron chi connectivity index (χ0n) is 17.4. The van der Waals surface area contributed by atoms with Crippen molar-refractivity contribution in [1.29, 1.82) is 0 Å². The summed E-state index contributed by atoms with van der Waals surface area (Å²) in [4.78, 5) is 16.1. The van der Waals surface area contributed by atoms with E-state index in [-0.39, 0.29) is 11.7 Å². The van der Waals surface area contributed by atoms with Gasteiger partial charge in [0.05, 0.1) is 6.10 Å². The normalized spacial score (nSPS) is 20.8. The van der Waals surface area contributed by atoms with Gasteiger partial charge in [-0.25, -0.2) is 0 Å². The molecule has 0 amide bonds. The average molecular weight is 401 g/mol. The molecule has 3 rings (SSSR count). The van der Waals surface area contributed by atoms with Gasteiger partial charge in [0.1, 0.15) is 0 Å². The van der Waals surface area contributed by atoms with Crippen molar-refractivity contribution in [3.8, 4) is 0 Å². The molecule has 2 aromatic heterocycles. The Hall–Kier alpha value is -1.85. The van der Waals surface area contributed by atoms with Crippen LogP contribution in [0.25, 0.3) is 5.70 Å². The molecular weight excluding hydrogens is 368 g/mol. The number of aliphatic hydroxyl groups is 1.